The van der Waals surface area contributed by atoms with E-state index in [2.05, 4.69) is 28.9 Å². The zero-order valence-corrected chi connectivity index (χ0v) is 9.26. The normalized spacial score (nSPS) is 21.5. The lowest BCUT2D eigenvalue weighted by Gasteiger charge is -2.34. The van der Waals surface area contributed by atoms with Crippen LogP contribution in [-0.4, -0.2) is 29.0 Å². The Morgan fingerprint density at radius 1 is 1.33 bits per heavy atom. The van der Waals surface area contributed by atoms with Crippen LogP contribution in [0.15, 0.2) is 24.5 Å². The summed E-state index contributed by atoms with van der Waals surface area (Å²) in [6, 6.07) is 5.09. The monoisotopic (exact) mass is 205 g/mol. The number of pyridine rings is 1. The Bertz CT molecular complexity index is 291. The number of nitrogens with zero attached hydrogens (tertiary/aromatic N) is 2. The van der Waals surface area contributed by atoms with Gasteiger partial charge in [0, 0.05) is 37.6 Å². The van der Waals surface area contributed by atoms with Crippen molar-refractivity contribution in [2.24, 2.45) is 5.73 Å². The molecule has 2 heterocycles. The molecule has 82 valence electrons. The minimum atomic E-state index is 0.408. The summed E-state index contributed by atoms with van der Waals surface area (Å²) in [6.45, 7) is 4.49. The van der Waals surface area contributed by atoms with Crippen molar-refractivity contribution in [1.82, 2.24) is 9.88 Å². The van der Waals surface area contributed by atoms with Gasteiger partial charge in [0.05, 0.1) is 0 Å². The first kappa shape index (κ1) is 10.6. The molecular weight excluding hydrogens is 186 g/mol. The Morgan fingerprint density at radius 3 is 2.53 bits per heavy atom. The molecule has 0 spiro atoms. The Labute approximate surface area is 91.3 Å². The molecule has 0 bridgehead atoms. The molecule has 0 amide bonds. The van der Waals surface area contributed by atoms with Crippen molar-refractivity contribution in [3.63, 3.8) is 0 Å². The zero-order valence-electron chi connectivity index (χ0n) is 9.26. The van der Waals surface area contributed by atoms with Gasteiger partial charge in [-0.15, -0.1) is 0 Å². The first-order valence-electron chi connectivity index (χ1n) is 5.67. The molecule has 3 nitrogen and oxygen atoms in total. The first-order chi connectivity index (χ1) is 7.27. The molecule has 1 aromatic heterocycles. The second-order valence-corrected chi connectivity index (χ2v) is 4.33. The Balaban J connectivity index is 1.99. The van der Waals surface area contributed by atoms with Crippen LogP contribution in [0.2, 0.25) is 0 Å². The number of hydrogen-bond donors (Lipinski definition) is 1. The number of hydrogen-bond acceptors (Lipinski definition) is 3. The lowest BCUT2D eigenvalue weighted by atomic mass is 10.0. The van der Waals surface area contributed by atoms with Crippen LogP contribution in [0.1, 0.15) is 31.4 Å². The third-order valence-corrected chi connectivity index (χ3v) is 3.31. The van der Waals surface area contributed by atoms with Crippen molar-refractivity contribution in [2.75, 3.05) is 13.1 Å². The molecule has 1 aliphatic rings. The lowest BCUT2D eigenvalue weighted by Crippen LogP contribution is -2.40. The highest BCUT2D eigenvalue weighted by Gasteiger charge is 2.21. The van der Waals surface area contributed by atoms with Crippen LogP contribution in [0.25, 0.3) is 0 Å². The van der Waals surface area contributed by atoms with Crippen LogP contribution < -0.4 is 5.73 Å². The Morgan fingerprint density at radius 2 is 1.93 bits per heavy atom. The fourth-order valence-corrected chi connectivity index (χ4v) is 2.16. The molecule has 2 N–H and O–H groups in total. The van der Waals surface area contributed by atoms with Gasteiger partial charge in [0.1, 0.15) is 0 Å². The predicted octanol–water partition coefficient (Wildman–Crippen LogP) is 1.57. The van der Waals surface area contributed by atoms with E-state index in [1.807, 2.05) is 12.4 Å². The van der Waals surface area contributed by atoms with Crippen LogP contribution in [0, 0.1) is 0 Å². The van der Waals surface area contributed by atoms with Gasteiger partial charge >= 0.3 is 0 Å². The minimum Gasteiger partial charge on any atom is -0.328 e. The standard InChI is InChI=1S/C12H19N3/c1-10(11-2-6-14-7-3-11)15-8-4-12(13)5-9-15/h2-3,6-7,10,12H,4-5,8-9,13H2,1H3/t10-/m0/s1. The second kappa shape index (κ2) is 4.73. The third-order valence-electron chi connectivity index (χ3n) is 3.31. The number of aromatic nitrogens is 1. The van der Waals surface area contributed by atoms with Gasteiger partial charge in [-0.3, -0.25) is 9.88 Å². The van der Waals surface area contributed by atoms with E-state index in [0.29, 0.717) is 12.1 Å². The zero-order chi connectivity index (χ0) is 10.7. The van der Waals surface area contributed by atoms with E-state index >= 15 is 0 Å². The molecule has 0 saturated carbocycles. The molecule has 1 fully saturated rings. The Hall–Kier alpha value is -0.930. The molecule has 1 atom stereocenters. The summed E-state index contributed by atoms with van der Waals surface area (Å²) >= 11 is 0. The van der Waals surface area contributed by atoms with Gasteiger partial charge in [-0.2, -0.15) is 0 Å². The van der Waals surface area contributed by atoms with E-state index in [1.165, 1.54) is 5.56 Å². The first-order valence-corrected chi connectivity index (χ1v) is 5.67. The maximum atomic E-state index is 5.90. The number of likely N-dealkylation sites (tertiary alicyclic amines) is 1. The van der Waals surface area contributed by atoms with Crippen molar-refractivity contribution in [1.29, 1.82) is 0 Å². The van der Waals surface area contributed by atoms with Gasteiger partial charge in [0.25, 0.3) is 0 Å². The summed E-state index contributed by atoms with van der Waals surface area (Å²) in [5, 5.41) is 0. The van der Waals surface area contributed by atoms with Gasteiger partial charge in [0.2, 0.25) is 0 Å². The van der Waals surface area contributed by atoms with Gasteiger partial charge in [-0.1, -0.05) is 0 Å². The second-order valence-electron chi connectivity index (χ2n) is 4.33. The molecule has 15 heavy (non-hydrogen) atoms. The minimum absolute atomic E-state index is 0.408. The maximum absolute atomic E-state index is 5.90. The van der Waals surface area contributed by atoms with Crippen LogP contribution in [-0.2, 0) is 0 Å². The number of piperidine rings is 1. The molecule has 0 aromatic carbocycles. The lowest BCUT2D eigenvalue weighted by molar-refractivity contribution is 0.163. The molecule has 2 rings (SSSR count). The SMILES string of the molecule is C[C@@H](c1ccncc1)N1CCC(N)CC1. The summed E-state index contributed by atoms with van der Waals surface area (Å²) in [4.78, 5) is 6.55. The highest BCUT2D eigenvalue weighted by molar-refractivity contribution is 5.14. The summed E-state index contributed by atoms with van der Waals surface area (Å²) < 4.78 is 0. The molecule has 0 aliphatic carbocycles. The van der Waals surface area contributed by atoms with E-state index in [-0.39, 0.29) is 0 Å². The van der Waals surface area contributed by atoms with Crippen molar-refractivity contribution in [3.05, 3.63) is 30.1 Å². The van der Waals surface area contributed by atoms with Crippen molar-refractivity contribution in [2.45, 2.75) is 31.8 Å². The smallest absolute Gasteiger partial charge is 0.0321 e. The number of rotatable bonds is 2. The fourth-order valence-electron chi connectivity index (χ4n) is 2.16. The van der Waals surface area contributed by atoms with Gasteiger partial charge in [-0.05, 0) is 37.5 Å². The third kappa shape index (κ3) is 2.55. The average molecular weight is 205 g/mol. The van der Waals surface area contributed by atoms with E-state index in [9.17, 15) is 0 Å². The van der Waals surface area contributed by atoms with Crippen LogP contribution >= 0.6 is 0 Å². The number of nitrogens with two attached hydrogens (primary N) is 1. The van der Waals surface area contributed by atoms with Gasteiger partial charge in [-0.25, -0.2) is 0 Å². The fraction of sp³-hybridized carbons (Fsp3) is 0.583. The van der Waals surface area contributed by atoms with E-state index in [1.54, 1.807) is 0 Å². The van der Waals surface area contributed by atoms with Crippen LogP contribution in [0.4, 0.5) is 0 Å². The summed E-state index contributed by atoms with van der Waals surface area (Å²) in [7, 11) is 0. The summed E-state index contributed by atoms with van der Waals surface area (Å²) in [6.07, 6.45) is 5.97. The topological polar surface area (TPSA) is 42.2 Å². The van der Waals surface area contributed by atoms with Crippen LogP contribution in [0.3, 0.4) is 0 Å². The highest BCUT2D eigenvalue weighted by atomic mass is 15.2. The molecule has 0 unspecified atom stereocenters. The molecule has 3 heteroatoms. The van der Waals surface area contributed by atoms with E-state index in [4.69, 9.17) is 5.73 Å². The molecule has 1 aliphatic heterocycles. The molecule has 1 aromatic rings. The molecule has 0 radical (unpaired) electrons. The van der Waals surface area contributed by atoms with E-state index in [0.717, 1.165) is 25.9 Å². The van der Waals surface area contributed by atoms with Crippen molar-refractivity contribution in [3.8, 4) is 0 Å². The van der Waals surface area contributed by atoms with Gasteiger partial charge in [0.15, 0.2) is 0 Å². The van der Waals surface area contributed by atoms with Crippen LogP contribution in [0.5, 0.6) is 0 Å². The maximum Gasteiger partial charge on any atom is 0.0321 e. The summed E-state index contributed by atoms with van der Waals surface area (Å²) in [5.41, 5.74) is 7.25. The largest absolute Gasteiger partial charge is 0.328 e. The quantitative estimate of drug-likeness (QED) is 0.797. The molecule has 1 saturated heterocycles. The van der Waals surface area contributed by atoms with Crippen molar-refractivity contribution >= 4 is 0 Å². The highest BCUT2D eigenvalue weighted by Crippen LogP contribution is 2.22. The summed E-state index contributed by atoms with van der Waals surface area (Å²) in [5.74, 6) is 0. The van der Waals surface area contributed by atoms with Gasteiger partial charge < -0.3 is 5.73 Å². The predicted molar refractivity (Wildman–Crippen MR) is 61.4 cm³/mol. The van der Waals surface area contributed by atoms with Crippen molar-refractivity contribution < 1.29 is 0 Å². The van der Waals surface area contributed by atoms with E-state index < -0.39 is 0 Å². The Kier molecular flexibility index (Phi) is 3.34. The molecular formula is C12H19N3. The average Bonchev–Trinajstić information content (AvgIpc) is 2.30.